The number of phenols is 2. The number of carboxylic acid groups (broad SMARTS) is 1. The fourth-order valence-corrected chi connectivity index (χ4v) is 2.73. The molecule has 0 aliphatic rings. The summed E-state index contributed by atoms with van der Waals surface area (Å²) in [6.45, 7) is 3.10. The van der Waals surface area contributed by atoms with Crippen molar-refractivity contribution < 1.29 is 29.6 Å². The molecule has 0 fully saturated rings. The van der Waals surface area contributed by atoms with Crippen LogP contribution >= 0.6 is 0 Å². The highest BCUT2D eigenvalue weighted by Gasteiger charge is 2.43. The Balaban J connectivity index is 2.37. The number of carboxylic acids is 1. The number of hydrogen-bond donors (Lipinski definition) is 5. The number of hydrazine groups is 1. The first-order valence-corrected chi connectivity index (χ1v) is 8.18. The number of rotatable bonds is 7. The van der Waals surface area contributed by atoms with Gasteiger partial charge in [-0.1, -0.05) is 24.3 Å². The predicted molar refractivity (Wildman–Crippen MR) is 97.3 cm³/mol. The molecule has 2 aromatic carbocycles. The molecule has 0 amide bonds. The van der Waals surface area contributed by atoms with Gasteiger partial charge in [0.2, 0.25) is 0 Å². The van der Waals surface area contributed by atoms with Gasteiger partial charge in [0.05, 0.1) is 6.42 Å². The Bertz CT molecular complexity index is 854. The fourth-order valence-electron chi connectivity index (χ4n) is 2.73. The molecule has 0 aromatic heterocycles. The minimum atomic E-state index is -1.73. The third kappa shape index (κ3) is 4.36. The lowest BCUT2D eigenvalue weighted by Crippen LogP contribution is -2.57. The molecular formula is C19H22N2O6. The minimum Gasteiger partial charge on any atom is -0.504 e. The highest BCUT2D eigenvalue weighted by atomic mass is 16.5. The smallest absolute Gasteiger partial charge is 0.325 e. The van der Waals surface area contributed by atoms with E-state index in [1.165, 1.54) is 25.1 Å². The zero-order chi connectivity index (χ0) is 20.2. The van der Waals surface area contributed by atoms with Crippen molar-refractivity contribution in [1.29, 1.82) is 0 Å². The van der Waals surface area contributed by atoms with E-state index in [0.717, 1.165) is 5.56 Å². The first-order chi connectivity index (χ1) is 12.7. The van der Waals surface area contributed by atoms with Crippen LogP contribution in [0.4, 0.5) is 0 Å². The Kier molecular flexibility index (Phi) is 6.04. The van der Waals surface area contributed by atoms with Gasteiger partial charge in [0.15, 0.2) is 11.5 Å². The van der Waals surface area contributed by atoms with Gasteiger partial charge < -0.3 is 20.1 Å². The zero-order valence-corrected chi connectivity index (χ0v) is 15.0. The molecule has 2 rings (SSSR count). The number of benzene rings is 2. The summed E-state index contributed by atoms with van der Waals surface area (Å²) in [5.74, 6) is 2.11. The van der Waals surface area contributed by atoms with E-state index in [4.69, 9.17) is 10.6 Å². The number of carbonyl (C=O) groups is 2. The molecule has 144 valence electrons. The van der Waals surface area contributed by atoms with Crippen molar-refractivity contribution in [1.82, 2.24) is 5.43 Å². The standard InChI is InChI=1S/C19H22N2O6/c1-11-5-3-4-6-16(11)27-17(24)10-13(19(2,21-20)18(25)26)12-7-8-14(22)15(23)9-12/h3-9,13,21-23H,10,20H2,1-2H3,(H,25,26). The molecule has 0 aliphatic carbocycles. The third-order valence-corrected chi connectivity index (χ3v) is 4.53. The Labute approximate surface area is 156 Å². The highest BCUT2D eigenvalue weighted by molar-refractivity contribution is 5.82. The van der Waals surface area contributed by atoms with Gasteiger partial charge in [-0.3, -0.25) is 15.4 Å². The molecule has 0 heterocycles. The van der Waals surface area contributed by atoms with Crippen LogP contribution in [0.2, 0.25) is 0 Å². The number of aryl methyl sites for hydroxylation is 1. The number of nitrogens with two attached hydrogens (primary N) is 1. The van der Waals surface area contributed by atoms with E-state index in [9.17, 15) is 24.9 Å². The molecule has 0 saturated heterocycles. The third-order valence-electron chi connectivity index (χ3n) is 4.53. The predicted octanol–water partition coefficient (Wildman–Crippen LogP) is 1.79. The highest BCUT2D eigenvalue weighted by Crippen LogP contribution is 2.36. The maximum absolute atomic E-state index is 12.5. The zero-order valence-electron chi connectivity index (χ0n) is 15.0. The molecule has 6 N–H and O–H groups in total. The Morgan fingerprint density at radius 1 is 1.19 bits per heavy atom. The number of para-hydroxylation sites is 1. The summed E-state index contributed by atoms with van der Waals surface area (Å²) in [4.78, 5) is 24.3. The number of carbonyl (C=O) groups excluding carboxylic acids is 1. The molecule has 0 bridgehead atoms. The largest absolute Gasteiger partial charge is 0.504 e. The second kappa shape index (κ2) is 8.07. The van der Waals surface area contributed by atoms with Crippen LogP contribution < -0.4 is 16.0 Å². The lowest BCUT2D eigenvalue weighted by molar-refractivity contribution is -0.146. The van der Waals surface area contributed by atoms with Gasteiger partial charge in [-0.05, 0) is 43.2 Å². The Morgan fingerprint density at radius 2 is 1.85 bits per heavy atom. The van der Waals surface area contributed by atoms with Gasteiger partial charge >= 0.3 is 11.9 Å². The maximum atomic E-state index is 12.5. The Morgan fingerprint density at radius 3 is 2.41 bits per heavy atom. The normalized spacial score (nSPS) is 14.2. The summed E-state index contributed by atoms with van der Waals surface area (Å²) in [6.07, 6.45) is -0.328. The number of phenolic OH excluding ortho intramolecular Hbond substituents is 2. The number of aliphatic carboxylic acids is 1. The molecule has 2 atom stereocenters. The van der Waals surface area contributed by atoms with Crippen LogP contribution in [0, 0.1) is 6.92 Å². The van der Waals surface area contributed by atoms with Crippen LogP contribution in [0.25, 0.3) is 0 Å². The van der Waals surface area contributed by atoms with E-state index in [-0.39, 0.29) is 12.2 Å². The SMILES string of the molecule is Cc1ccccc1OC(=O)CC(c1ccc(O)c(O)c1)C(C)(NN)C(=O)O. The minimum absolute atomic E-state index is 0.301. The summed E-state index contributed by atoms with van der Waals surface area (Å²) in [5.41, 5.74) is 1.56. The molecule has 2 unspecified atom stereocenters. The Hall–Kier alpha value is -3.10. The van der Waals surface area contributed by atoms with Gasteiger partial charge in [0, 0.05) is 5.92 Å². The van der Waals surface area contributed by atoms with E-state index in [1.807, 2.05) is 0 Å². The van der Waals surface area contributed by atoms with Crippen LogP contribution in [0.5, 0.6) is 17.2 Å². The molecule has 0 saturated carbocycles. The molecule has 2 aromatic rings. The van der Waals surface area contributed by atoms with Crippen LogP contribution in [0.1, 0.15) is 30.4 Å². The molecular weight excluding hydrogens is 352 g/mol. The summed E-state index contributed by atoms with van der Waals surface area (Å²) in [7, 11) is 0. The van der Waals surface area contributed by atoms with E-state index in [1.54, 1.807) is 31.2 Å². The quantitative estimate of drug-likeness (QED) is 0.162. The second-order valence-corrected chi connectivity index (χ2v) is 6.40. The van der Waals surface area contributed by atoms with Crippen molar-refractivity contribution in [2.75, 3.05) is 0 Å². The fraction of sp³-hybridized carbons (Fsp3) is 0.263. The van der Waals surface area contributed by atoms with E-state index in [2.05, 4.69) is 5.43 Å². The summed E-state index contributed by atoms with van der Waals surface area (Å²) in [6, 6.07) is 10.7. The van der Waals surface area contributed by atoms with Crippen molar-refractivity contribution in [3.05, 3.63) is 53.6 Å². The van der Waals surface area contributed by atoms with Crippen LogP contribution in [-0.2, 0) is 9.59 Å². The van der Waals surface area contributed by atoms with Gasteiger partial charge in [-0.2, -0.15) is 0 Å². The summed E-state index contributed by atoms with van der Waals surface area (Å²) < 4.78 is 5.36. The van der Waals surface area contributed by atoms with Crippen molar-refractivity contribution in [2.45, 2.75) is 31.7 Å². The van der Waals surface area contributed by atoms with Gasteiger partial charge in [0.25, 0.3) is 0 Å². The van der Waals surface area contributed by atoms with Crippen molar-refractivity contribution in [2.24, 2.45) is 5.84 Å². The number of esters is 1. The second-order valence-electron chi connectivity index (χ2n) is 6.40. The molecule has 0 aliphatic heterocycles. The molecule has 27 heavy (non-hydrogen) atoms. The average Bonchev–Trinajstić information content (AvgIpc) is 2.63. The number of aromatic hydroxyl groups is 2. The maximum Gasteiger partial charge on any atom is 0.325 e. The monoisotopic (exact) mass is 374 g/mol. The van der Waals surface area contributed by atoms with E-state index in [0.29, 0.717) is 11.3 Å². The van der Waals surface area contributed by atoms with Gasteiger partial charge in [-0.25, -0.2) is 5.43 Å². The van der Waals surface area contributed by atoms with Crippen LogP contribution in [-0.4, -0.2) is 32.8 Å². The molecule has 0 radical (unpaired) electrons. The van der Waals surface area contributed by atoms with Crippen molar-refractivity contribution in [3.8, 4) is 17.2 Å². The number of hydrogen-bond acceptors (Lipinski definition) is 7. The first-order valence-electron chi connectivity index (χ1n) is 8.18. The first kappa shape index (κ1) is 20.2. The summed E-state index contributed by atoms with van der Waals surface area (Å²) >= 11 is 0. The summed E-state index contributed by atoms with van der Waals surface area (Å²) in [5, 5.41) is 28.9. The van der Waals surface area contributed by atoms with E-state index >= 15 is 0 Å². The van der Waals surface area contributed by atoms with Gasteiger partial charge in [-0.15, -0.1) is 0 Å². The average molecular weight is 374 g/mol. The van der Waals surface area contributed by atoms with Gasteiger partial charge in [0.1, 0.15) is 11.3 Å². The molecule has 8 nitrogen and oxygen atoms in total. The lowest BCUT2D eigenvalue weighted by Gasteiger charge is -2.33. The van der Waals surface area contributed by atoms with Crippen LogP contribution in [0.3, 0.4) is 0 Å². The topological polar surface area (TPSA) is 142 Å². The van der Waals surface area contributed by atoms with Crippen molar-refractivity contribution >= 4 is 11.9 Å². The number of nitrogens with one attached hydrogen (secondary N) is 1. The molecule has 0 spiro atoms. The number of ether oxygens (including phenoxy) is 1. The molecule has 8 heteroatoms. The van der Waals surface area contributed by atoms with Crippen molar-refractivity contribution in [3.63, 3.8) is 0 Å². The van der Waals surface area contributed by atoms with E-state index < -0.39 is 29.1 Å². The lowest BCUT2D eigenvalue weighted by atomic mass is 9.78. The van der Waals surface area contributed by atoms with Crippen LogP contribution in [0.15, 0.2) is 42.5 Å².